The van der Waals surface area contributed by atoms with Crippen molar-refractivity contribution in [2.45, 2.75) is 26.9 Å². The van der Waals surface area contributed by atoms with E-state index in [4.69, 9.17) is 4.74 Å². The van der Waals surface area contributed by atoms with Crippen LogP contribution < -0.4 is 5.32 Å². The molecular formula is C17H18N4O3S. The number of aromatic nitrogens is 3. The zero-order valence-electron chi connectivity index (χ0n) is 14.4. The lowest BCUT2D eigenvalue weighted by molar-refractivity contribution is -0.123. The quantitative estimate of drug-likeness (QED) is 0.725. The van der Waals surface area contributed by atoms with E-state index in [1.54, 1.807) is 42.4 Å². The molecule has 0 saturated heterocycles. The van der Waals surface area contributed by atoms with Crippen LogP contribution in [0, 0.1) is 13.8 Å². The first-order valence-corrected chi connectivity index (χ1v) is 8.60. The molecule has 3 rings (SSSR count). The van der Waals surface area contributed by atoms with Crippen LogP contribution in [0.4, 0.5) is 5.69 Å². The number of aryl methyl sites for hydroxylation is 2. The van der Waals surface area contributed by atoms with Gasteiger partial charge >= 0.3 is 5.97 Å². The Hall–Kier alpha value is -2.74. The highest BCUT2D eigenvalue weighted by atomic mass is 32.1. The molecule has 0 radical (unpaired) electrons. The molecule has 0 aliphatic heterocycles. The van der Waals surface area contributed by atoms with Gasteiger partial charge in [0, 0.05) is 7.05 Å². The first-order chi connectivity index (χ1) is 11.9. The molecule has 7 nitrogen and oxygen atoms in total. The highest BCUT2D eigenvalue weighted by Crippen LogP contribution is 2.21. The van der Waals surface area contributed by atoms with Crippen LogP contribution in [0.5, 0.6) is 0 Å². The Balaban J connectivity index is 1.69. The lowest BCUT2D eigenvalue weighted by atomic mass is 10.2. The molecule has 0 aliphatic rings. The molecule has 2 aromatic heterocycles. The summed E-state index contributed by atoms with van der Waals surface area (Å²) in [6.45, 7) is 5.21. The molecule has 8 heteroatoms. The molecule has 3 aromatic rings. The van der Waals surface area contributed by atoms with Crippen LogP contribution in [0.25, 0.3) is 10.2 Å². The number of rotatable bonds is 4. The van der Waals surface area contributed by atoms with Crippen molar-refractivity contribution in [3.8, 4) is 0 Å². The van der Waals surface area contributed by atoms with Gasteiger partial charge in [-0.25, -0.2) is 9.78 Å². The van der Waals surface area contributed by atoms with Crippen LogP contribution >= 0.6 is 11.3 Å². The number of hydrogen-bond acceptors (Lipinski definition) is 6. The standard InChI is InChI=1S/C17H18N4O3S/c1-9-15(10(2)21(4)20-9)19-16(22)11(3)24-17(23)12-5-6-13-14(7-12)25-8-18-13/h5-8,11H,1-4H3,(H,19,22)/t11-/m0/s1. The minimum atomic E-state index is -0.927. The fraction of sp³-hybridized carbons (Fsp3) is 0.294. The van der Waals surface area contributed by atoms with Crippen LogP contribution in [0.1, 0.15) is 28.7 Å². The Morgan fingerprint density at radius 1 is 1.32 bits per heavy atom. The number of nitrogens with zero attached hydrogens (tertiary/aromatic N) is 3. The molecule has 0 fully saturated rings. The number of fused-ring (bicyclic) bond motifs is 1. The number of thiazole rings is 1. The van der Waals surface area contributed by atoms with Gasteiger partial charge in [-0.05, 0) is 39.0 Å². The van der Waals surface area contributed by atoms with E-state index < -0.39 is 18.0 Å². The molecule has 0 bridgehead atoms. The van der Waals surface area contributed by atoms with Crippen LogP contribution in [-0.4, -0.2) is 32.7 Å². The van der Waals surface area contributed by atoms with Crippen molar-refractivity contribution in [3.63, 3.8) is 0 Å². The molecule has 1 aromatic carbocycles. The van der Waals surface area contributed by atoms with Gasteiger partial charge in [0.25, 0.3) is 5.91 Å². The van der Waals surface area contributed by atoms with E-state index in [-0.39, 0.29) is 0 Å². The molecule has 0 saturated carbocycles. The van der Waals surface area contributed by atoms with Gasteiger partial charge in [0.1, 0.15) is 0 Å². The van der Waals surface area contributed by atoms with Gasteiger partial charge in [0.15, 0.2) is 6.10 Å². The Kier molecular flexibility index (Phi) is 4.54. The number of carbonyl (C=O) groups excluding carboxylic acids is 2. The zero-order valence-corrected chi connectivity index (χ0v) is 15.2. The van der Waals surface area contributed by atoms with Gasteiger partial charge in [0.05, 0.1) is 38.4 Å². The predicted octanol–water partition coefficient (Wildman–Crippen LogP) is 2.83. The minimum absolute atomic E-state index is 0.394. The summed E-state index contributed by atoms with van der Waals surface area (Å²) in [5.41, 5.74) is 5.12. The largest absolute Gasteiger partial charge is 0.449 e. The van der Waals surface area contributed by atoms with Crippen molar-refractivity contribution in [3.05, 3.63) is 40.7 Å². The highest BCUT2D eigenvalue weighted by Gasteiger charge is 2.21. The molecule has 1 N–H and O–H groups in total. The van der Waals surface area contributed by atoms with Gasteiger partial charge in [-0.15, -0.1) is 11.3 Å². The van der Waals surface area contributed by atoms with Gasteiger partial charge in [-0.3, -0.25) is 9.48 Å². The maximum absolute atomic E-state index is 12.3. The van der Waals surface area contributed by atoms with Crippen LogP contribution in [0.2, 0.25) is 0 Å². The molecule has 25 heavy (non-hydrogen) atoms. The van der Waals surface area contributed by atoms with Crippen molar-refractivity contribution in [2.75, 3.05) is 5.32 Å². The van der Waals surface area contributed by atoms with Crippen molar-refractivity contribution in [1.82, 2.24) is 14.8 Å². The maximum atomic E-state index is 12.3. The fourth-order valence-electron chi connectivity index (χ4n) is 2.44. The molecule has 2 heterocycles. The SMILES string of the molecule is Cc1nn(C)c(C)c1NC(=O)[C@H](C)OC(=O)c1ccc2ncsc2c1. The molecule has 0 unspecified atom stereocenters. The third-order valence-corrected chi connectivity index (χ3v) is 4.77. The molecule has 1 atom stereocenters. The minimum Gasteiger partial charge on any atom is -0.449 e. The third-order valence-electron chi connectivity index (χ3n) is 3.98. The molecule has 130 valence electrons. The summed E-state index contributed by atoms with van der Waals surface area (Å²) in [5, 5.41) is 7.02. The Morgan fingerprint density at radius 3 is 2.76 bits per heavy atom. The molecule has 1 amide bonds. The van der Waals surface area contributed by atoms with E-state index in [9.17, 15) is 9.59 Å². The van der Waals surface area contributed by atoms with E-state index in [0.717, 1.165) is 15.9 Å². The lowest BCUT2D eigenvalue weighted by Gasteiger charge is -2.14. The van der Waals surface area contributed by atoms with E-state index in [1.165, 1.54) is 11.3 Å². The average Bonchev–Trinajstić information content (AvgIpc) is 3.14. The first-order valence-electron chi connectivity index (χ1n) is 7.72. The van der Waals surface area contributed by atoms with E-state index >= 15 is 0 Å². The Morgan fingerprint density at radius 2 is 2.08 bits per heavy atom. The summed E-state index contributed by atoms with van der Waals surface area (Å²) in [4.78, 5) is 28.8. The average molecular weight is 358 g/mol. The number of nitrogens with one attached hydrogen (secondary N) is 1. The summed E-state index contributed by atoms with van der Waals surface area (Å²) >= 11 is 1.44. The number of hydrogen-bond donors (Lipinski definition) is 1. The van der Waals surface area contributed by atoms with Crippen molar-refractivity contribution in [2.24, 2.45) is 7.05 Å². The monoisotopic (exact) mass is 358 g/mol. The van der Waals surface area contributed by atoms with Gasteiger partial charge in [-0.2, -0.15) is 5.10 Å². The predicted molar refractivity (Wildman–Crippen MR) is 95.8 cm³/mol. The van der Waals surface area contributed by atoms with E-state index in [2.05, 4.69) is 15.4 Å². The summed E-state index contributed by atoms with van der Waals surface area (Å²) < 4.78 is 7.87. The Bertz CT molecular complexity index is 960. The lowest BCUT2D eigenvalue weighted by Crippen LogP contribution is -2.30. The van der Waals surface area contributed by atoms with Crippen molar-refractivity contribution in [1.29, 1.82) is 0 Å². The van der Waals surface area contributed by atoms with Gasteiger partial charge in [-0.1, -0.05) is 0 Å². The number of esters is 1. The van der Waals surface area contributed by atoms with Crippen molar-refractivity contribution < 1.29 is 14.3 Å². The van der Waals surface area contributed by atoms with Gasteiger partial charge in [0.2, 0.25) is 0 Å². The fourth-order valence-corrected chi connectivity index (χ4v) is 3.16. The summed E-state index contributed by atoms with van der Waals surface area (Å²) in [7, 11) is 1.80. The van der Waals surface area contributed by atoms with E-state index in [1.807, 2.05) is 13.8 Å². The zero-order chi connectivity index (χ0) is 18.1. The maximum Gasteiger partial charge on any atom is 0.338 e. The first kappa shape index (κ1) is 17.1. The van der Waals surface area contributed by atoms with Crippen LogP contribution in [0.15, 0.2) is 23.7 Å². The third kappa shape index (κ3) is 3.39. The highest BCUT2D eigenvalue weighted by molar-refractivity contribution is 7.16. The summed E-state index contributed by atoms with van der Waals surface area (Å²) in [6.07, 6.45) is -0.927. The summed E-state index contributed by atoms with van der Waals surface area (Å²) in [6, 6.07) is 5.12. The summed E-state index contributed by atoms with van der Waals surface area (Å²) in [5.74, 6) is -0.941. The Labute approximate surface area is 148 Å². The number of ether oxygens (including phenoxy) is 1. The number of carbonyl (C=O) groups is 2. The second kappa shape index (κ2) is 6.64. The smallest absolute Gasteiger partial charge is 0.338 e. The second-order valence-corrected chi connectivity index (χ2v) is 6.63. The molecule has 0 spiro atoms. The molecule has 0 aliphatic carbocycles. The van der Waals surface area contributed by atoms with Crippen LogP contribution in [-0.2, 0) is 16.6 Å². The van der Waals surface area contributed by atoms with Crippen LogP contribution in [0.3, 0.4) is 0 Å². The topological polar surface area (TPSA) is 86.1 Å². The number of anilines is 1. The molecular weight excluding hydrogens is 340 g/mol. The van der Waals surface area contributed by atoms with E-state index in [0.29, 0.717) is 16.9 Å². The second-order valence-electron chi connectivity index (χ2n) is 5.74. The van der Waals surface area contributed by atoms with Crippen molar-refractivity contribution >= 4 is 39.1 Å². The number of amides is 1. The van der Waals surface area contributed by atoms with Gasteiger partial charge < -0.3 is 10.1 Å². The number of benzene rings is 1. The normalized spacial score (nSPS) is 12.2.